The minimum atomic E-state index is -0.280. The van der Waals surface area contributed by atoms with Gasteiger partial charge in [0.1, 0.15) is 5.92 Å². The SMILES string of the molecule is CC(N=CC1C(=O)Nc2ccccc21)c1ccccc1. The van der Waals surface area contributed by atoms with Gasteiger partial charge in [0, 0.05) is 11.9 Å². The third-order valence-corrected chi connectivity index (χ3v) is 3.58. The number of hydrogen-bond donors (Lipinski definition) is 1. The van der Waals surface area contributed by atoms with Crippen molar-refractivity contribution in [1.29, 1.82) is 0 Å². The summed E-state index contributed by atoms with van der Waals surface area (Å²) in [5, 5.41) is 2.88. The molecule has 0 spiro atoms. The van der Waals surface area contributed by atoms with E-state index in [0.29, 0.717) is 0 Å². The summed E-state index contributed by atoms with van der Waals surface area (Å²) in [6, 6.07) is 17.9. The molecule has 0 aliphatic carbocycles. The van der Waals surface area contributed by atoms with Gasteiger partial charge in [0.25, 0.3) is 0 Å². The van der Waals surface area contributed by atoms with Gasteiger partial charge < -0.3 is 5.32 Å². The van der Waals surface area contributed by atoms with Gasteiger partial charge in [0.05, 0.1) is 6.04 Å². The Bertz CT molecular complexity index is 649. The summed E-state index contributed by atoms with van der Waals surface area (Å²) in [6.07, 6.45) is 1.76. The van der Waals surface area contributed by atoms with Gasteiger partial charge >= 0.3 is 0 Å². The molecular weight excluding hydrogens is 248 g/mol. The average Bonchev–Trinajstić information content (AvgIpc) is 2.81. The van der Waals surface area contributed by atoms with Crippen molar-refractivity contribution in [3.05, 3.63) is 65.7 Å². The van der Waals surface area contributed by atoms with Crippen LogP contribution in [0.25, 0.3) is 0 Å². The number of amides is 1. The fraction of sp³-hybridized carbons (Fsp3) is 0.176. The van der Waals surface area contributed by atoms with Gasteiger partial charge in [-0.05, 0) is 24.1 Å². The van der Waals surface area contributed by atoms with E-state index in [1.54, 1.807) is 6.21 Å². The molecule has 2 atom stereocenters. The quantitative estimate of drug-likeness (QED) is 0.846. The molecule has 2 aromatic carbocycles. The second-order valence-corrected chi connectivity index (χ2v) is 4.94. The first-order valence-electron chi connectivity index (χ1n) is 6.74. The third-order valence-electron chi connectivity index (χ3n) is 3.58. The molecule has 0 bridgehead atoms. The van der Waals surface area contributed by atoms with E-state index < -0.39 is 0 Å². The lowest BCUT2D eigenvalue weighted by molar-refractivity contribution is -0.115. The van der Waals surface area contributed by atoms with Crippen LogP contribution in [0, 0.1) is 0 Å². The molecule has 0 saturated carbocycles. The topological polar surface area (TPSA) is 41.5 Å². The van der Waals surface area contributed by atoms with Gasteiger partial charge in [0.2, 0.25) is 5.91 Å². The van der Waals surface area contributed by atoms with E-state index in [1.807, 2.05) is 61.5 Å². The van der Waals surface area contributed by atoms with Crippen LogP contribution in [0.3, 0.4) is 0 Å². The number of fused-ring (bicyclic) bond motifs is 1. The highest BCUT2D eigenvalue weighted by Gasteiger charge is 2.28. The maximum atomic E-state index is 12.0. The Hall–Kier alpha value is -2.42. The summed E-state index contributed by atoms with van der Waals surface area (Å²) in [5.74, 6) is -0.285. The molecule has 1 amide bonds. The number of rotatable bonds is 3. The van der Waals surface area contributed by atoms with Crippen LogP contribution in [-0.4, -0.2) is 12.1 Å². The molecule has 3 rings (SSSR count). The number of anilines is 1. The van der Waals surface area contributed by atoms with Crippen LogP contribution in [0.15, 0.2) is 59.6 Å². The van der Waals surface area contributed by atoms with Crippen LogP contribution < -0.4 is 5.32 Å². The first-order chi connectivity index (χ1) is 9.75. The number of hydrogen-bond acceptors (Lipinski definition) is 2. The average molecular weight is 264 g/mol. The minimum Gasteiger partial charge on any atom is -0.325 e. The zero-order valence-corrected chi connectivity index (χ0v) is 11.3. The van der Waals surface area contributed by atoms with Crippen LogP contribution in [0.5, 0.6) is 0 Å². The summed E-state index contributed by atoms with van der Waals surface area (Å²) in [7, 11) is 0. The fourth-order valence-corrected chi connectivity index (χ4v) is 2.41. The Balaban J connectivity index is 1.81. The Morgan fingerprint density at radius 1 is 1.10 bits per heavy atom. The molecule has 1 aliphatic rings. The molecule has 20 heavy (non-hydrogen) atoms. The van der Waals surface area contributed by atoms with E-state index >= 15 is 0 Å². The summed E-state index contributed by atoms with van der Waals surface area (Å²) in [5.41, 5.74) is 3.04. The van der Waals surface area contributed by atoms with Gasteiger partial charge in [0.15, 0.2) is 0 Å². The minimum absolute atomic E-state index is 0.00443. The lowest BCUT2D eigenvalue weighted by atomic mass is 10.0. The van der Waals surface area contributed by atoms with E-state index in [1.165, 1.54) is 0 Å². The van der Waals surface area contributed by atoms with Gasteiger partial charge in [-0.2, -0.15) is 0 Å². The van der Waals surface area contributed by atoms with Crippen molar-refractivity contribution in [2.24, 2.45) is 4.99 Å². The maximum Gasteiger partial charge on any atom is 0.237 e. The number of nitrogens with one attached hydrogen (secondary N) is 1. The Labute approximate surface area is 118 Å². The zero-order valence-electron chi connectivity index (χ0n) is 11.3. The first kappa shape index (κ1) is 12.6. The van der Waals surface area contributed by atoms with E-state index in [2.05, 4.69) is 10.3 Å². The highest BCUT2D eigenvalue weighted by atomic mass is 16.2. The molecule has 1 aliphatic heterocycles. The van der Waals surface area contributed by atoms with E-state index in [-0.39, 0.29) is 17.9 Å². The lowest BCUT2D eigenvalue weighted by Gasteiger charge is -2.07. The van der Waals surface area contributed by atoms with Crippen molar-refractivity contribution < 1.29 is 4.79 Å². The largest absolute Gasteiger partial charge is 0.325 e. The summed E-state index contributed by atoms with van der Waals surface area (Å²) in [6.45, 7) is 2.03. The van der Waals surface area contributed by atoms with Gasteiger partial charge in [-0.3, -0.25) is 9.79 Å². The fourth-order valence-electron chi connectivity index (χ4n) is 2.41. The molecule has 0 aromatic heterocycles. The van der Waals surface area contributed by atoms with Crippen LogP contribution in [-0.2, 0) is 4.79 Å². The highest BCUT2D eigenvalue weighted by molar-refractivity contribution is 6.12. The normalized spacial score (nSPS) is 18.9. The van der Waals surface area contributed by atoms with Gasteiger partial charge in [-0.15, -0.1) is 0 Å². The number of benzene rings is 2. The van der Waals surface area contributed by atoms with Crippen molar-refractivity contribution in [3.8, 4) is 0 Å². The second kappa shape index (κ2) is 5.29. The predicted molar refractivity (Wildman–Crippen MR) is 81.2 cm³/mol. The molecule has 100 valence electrons. The molecule has 0 fully saturated rings. The standard InChI is InChI=1S/C17H16N2O/c1-12(13-7-3-2-4-8-13)18-11-15-14-9-5-6-10-16(14)19-17(15)20/h2-12,15H,1H3,(H,19,20). The lowest BCUT2D eigenvalue weighted by Crippen LogP contribution is -2.13. The van der Waals surface area contributed by atoms with Gasteiger partial charge in [-0.1, -0.05) is 48.5 Å². The summed E-state index contributed by atoms with van der Waals surface area (Å²) >= 11 is 0. The monoisotopic (exact) mass is 264 g/mol. The first-order valence-corrected chi connectivity index (χ1v) is 6.74. The molecule has 1 heterocycles. The zero-order chi connectivity index (χ0) is 13.9. The number of aliphatic imine (C=N–C) groups is 1. The molecular formula is C17H16N2O. The smallest absolute Gasteiger partial charge is 0.237 e. The summed E-state index contributed by atoms with van der Waals surface area (Å²) < 4.78 is 0. The van der Waals surface area contributed by atoms with E-state index in [0.717, 1.165) is 16.8 Å². The van der Waals surface area contributed by atoms with Crippen LogP contribution in [0.2, 0.25) is 0 Å². The Morgan fingerprint density at radius 3 is 2.60 bits per heavy atom. The number of carbonyl (C=O) groups is 1. The number of para-hydroxylation sites is 1. The van der Waals surface area contributed by atoms with Crippen molar-refractivity contribution in [1.82, 2.24) is 0 Å². The number of nitrogens with zero attached hydrogens (tertiary/aromatic N) is 1. The van der Waals surface area contributed by atoms with Crippen LogP contribution in [0.1, 0.15) is 30.0 Å². The molecule has 2 aromatic rings. The van der Waals surface area contributed by atoms with Crippen molar-refractivity contribution >= 4 is 17.8 Å². The van der Waals surface area contributed by atoms with Crippen molar-refractivity contribution in [2.75, 3.05) is 5.32 Å². The van der Waals surface area contributed by atoms with Crippen molar-refractivity contribution in [3.63, 3.8) is 0 Å². The Kier molecular flexibility index (Phi) is 3.33. The predicted octanol–water partition coefficient (Wildman–Crippen LogP) is 3.55. The molecule has 3 heteroatoms. The summed E-state index contributed by atoms with van der Waals surface area (Å²) in [4.78, 5) is 16.5. The van der Waals surface area contributed by atoms with Crippen molar-refractivity contribution in [2.45, 2.75) is 18.9 Å². The maximum absolute atomic E-state index is 12.0. The Morgan fingerprint density at radius 2 is 1.80 bits per heavy atom. The molecule has 0 radical (unpaired) electrons. The van der Waals surface area contributed by atoms with Crippen LogP contribution >= 0.6 is 0 Å². The van der Waals surface area contributed by atoms with E-state index in [4.69, 9.17) is 0 Å². The van der Waals surface area contributed by atoms with E-state index in [9.17, 15) is 4.79 Å². The second-order valence-electron chi connectivity index (χ2n) is 4.94. The third kappa shape index (κ3) is 2.35. The molecule has 1 N–H and O–H groups in total. The molecule has 3 nitrogen and oxygen atoms in total. The molecule has 2 unspecified atom stereocenters. The van der Waals surface area contributed by atoms with Crippen LogP contribution in [0.4, 0.5) is 5.69 Å². The highest BCUT2D eigenvalue weighted by Crippen LogP contribution is 2.31. The number of carbonyl (C=O) groups excluding carboxylic acids is 1. The van der Waals surface area contributed by atoms with Gasteiger partial charge in [-0.25, -0.2) is 0 Å². The molecule has 0 saturated heterocycles.